The Morgan fingerprint density at radius 2 is 1.68 bits per heavy atom. The van der Waals surface area contributed by atoms with Crippen molar-refractivity contribution in [1.29, 1.82) is 0 Å². The van der Waals surface area contributed by atoms with Gasteiger partial charge in [-0.2, -0.15) is 0 Å². The SMILES string of the molecule is CC(NS(=O)(=O)c1ccc(O)cc1)c1ccncc1. The lowest BCUT2D eigenvalue weighted by molar-refractivity contribution is 0.474. The number of rotatable bonds is 4. The second-order valence-electron chi connectivity index (χ2n) is 4.12. The Balaban J connectivity index is 2.20. The summed E-state index contributed by atoms with van der Waals surface area (Å²) in [4.78, 5) is 4.00. The molecule has 1 heterocycles. The van der Waals surface area contributed by atoms with Crippen LogP contribution in [-0.2, 0) is 10.0 Å². The Morgan fingerprint density at radius 3 is 2.26 bits per heavy atom. The molecule has 0 aliphatic rings. The molecule has 0 fully saturated rings. The van der Waals surface area contributed by atoms with Gasteiger partial charge in [-0.1, -0.05) is 0 Å². The fraction of sp³-hybridized carbons (Fsp3) is 0.154. The third-order valence-electron chi connectivity index (χ3n) is 2.69. The summed E-state index contributed by atoms with van der Waals surface area (Å²) in [6.07, 6.45) is 3.22. The van der Waals surface area contributed by atoms with Gasteiger partial charge in [-0.25, -0.2) is 13.1 Å². The minimum absolute atomic E-state index is 0.0288. The summed E-state index contributed by atoms with van der Waals surface area (Å²) in [6, 6.07) is 8.54. The van der Waals surface area contributed by atoms with Gasteiger partial charge in [0.15, 0.2) is 0 Å². The van der Waals surface area contributed by atoms with Gasteiger partial charge >= 0.3 is 0 Å². The molecule has 0 saturated heterocycles. The highest BCUT2D eigenvalue weighted by Gasteiger charge is 2.18. The number of aromatic hydroxyl groups is 1. The Labute approximate surface area is 112 Å². The van der Waals surface area contributed by atoms with Crippen LogP contribution in [0.3, 0.4) is 0 Å². The van der Waals surface area contributed by atoms with Crippen molar-refractivity contribution < 1.29 is 13.5 Å². The van der Waals surface area contributed by atoms with E-state index in [-0.39, 0.29) is 16.7 Å². The van der Waals surface area contributed by atoms with Crippen molar-refractivity contribution in [1.82, 2.24) is 9.71 Å². The fourth-order valence-electron chi connectivity index (χ4n) is 1.65. The van der Waals surface area contributed by atoms with Crippen LogP contribution in [0.5, 0.6) is 5.75 Å². The first kappa shape index (κ1) is 13.5. The second-order valence-corrected chi connectivity index (χ2v) is 5.83. The van der Waals surface area contributed by atoms with Crippen molar-refractivity contribution in [3.63, 3.8) is 0 Å². The predicted molar refractivity (Wildman–Crippen MR) is 71.1 cm³/mol. The maximum atomic E-state index is 12.1. The number of hydrogen-bond acceptors (Lipinski definition) is 4. The lowest BCUT2D eigenvalue weighted by atomic mass is 10.1. The topological polar surface area (TPSA) is 79.3 Å². The van der Waals surface area contributed by atoms with E-state index in [1.54, 1.807) is 31.5 Å². The molecule has 0 aliphatic carbocycles. The van der Waals surface area contributed by atoms with E-state index in [9.17, 15) is 8.42 Å². The highest BCUT2D eigenvalue weighted by molar-refractivity contribution is 7.89. The molecule has 0 aliphatic heterocycles. The first-order chi connectivity index (χ1) is 8.99. The van der Waals surface area contributed by atoms with Crippen LogP contribution in [0.15, 0.2) is 53.7 Å². The van der Waals surface area contributed by atoms with Crippen LogP contribution in [0.1, 0.15) is 18.5 Å². The zero-order chi connectivity index (χ0) is 13.9. The third kappa shape index (κ3) is 3.30. The van der Waals surface area contributed by atoms with Gasteiger partial charge in [0.25, 0.3) is 0 Å². The van der Waals surface area contributed by atoms with Gasteiger partial charge in [0.2, 0.25) is 10.0 Å². The van der Waals surface area contributed by atoms with Crippen LogP contribution in [0.2, 0.25) is 0 Å². The van der Waals surface area contributed by atoms with E-state index in [4.69, 9.17) is 5.11 Å². The summed E-state index contributed by atoms with van der Waals surface area (Å²) in [5.74, 6) is 0.0288. The summed E-state index contributed by atoms with van der Waals surface area (Å²) >= 11 is 0. The smallest absolute Gasteiger partial charge is 0.241 e. The molecule has 100 valence electrons. The molecule has 0 bridgehead atoms. The highest BCUT2D eigenvalue weighted by atomic mass is 32.2. The fourth-order valence-corrected chi connectivity index (χ4v) is 2.88. The number of nitrogens with one attached hydrogen (secondary N) is 1. The van der Waals surface area contributed by atoms with Crippen LogP contribution < -0.4 is 4.72 Å². The first-order valence-electron chi connectivity index (χ1n) is 5.70. The number of hydrogen-bond donors (Lipinski definition) is 2. The average Bonchev–Trinajstić information content (AvgIpc) is 2.40. The summed E-state index contributed by atoms with van der Waals surface area (Å²) < 4.78 is 26.8. The Hall–Kier alpha value is -1.92. The Bertz CT molecular complexity index is 639. The van der Waals surface area contributed by atoms with Gasteiger partial charge in [-0.3, -0.25) is 4.98 Å². The van der Waals surface area contributed by atoms with Crippen LogP contribution in [0, 0.1) is 0 Å². The van der Waals surface area contributed by atoms with Crippen molar-refractivity contribution in [3.8, 4) is 5.75 Å². The van der Waals surface area contributed by atoms with Gasteiger partial charge in [0.05, 0.1) is 4.90 Å². The van der Waals surface area contributed by atoms with E-state index >= 15 is 0 Å². The minimum Gasteiger partial charge on any atom is -0.508 e. The molecule has 0 amide bonds. The largest absolute Gasteiger partial charge is 0.508 e. The Morgan fingerprint density at radius 1 is 1.11 bits per heavy atom. The molecule has 6 heteroatoms. The number of benzene rings is 1. The molecule has 2 N–H and O–H groups in total. The zero-order valence-electron chi connectivity index (χ0n) is 10.3. The molecule has 2 rings (SSSR count). The molecule has 1 aromatic carbocycles. The quantitative estimate of drug-likeness (QED) is 0.894. The van der Waals surface area contributed by atoms with Gasteiger partial charge < -0.3 is 5.11 Å². The monoisotopic (exact) mass is 278 g/mol. The summed E-state index contributed by atoms with van der Waals surface area (Å²) in [5.41, 5.74) is 0.831. The molecule has 0 saturated carbocycles. The van der Waals surface area contributed by atoms with Crippen molar-refractivity contribution in [2.75, 3.05) is 0 Å². The summed E-state index contributed by atoms with van der Waals surface area (Å²) in [7, 11) is -3.61. The number of phenolic OH excluding ortho intramolecular Hbond substituents is 1. The van der Waals surface area contributed by atoms with E-state index < -0.39 is 10.0 Å². The molecule has 19 heavy (non-hydrogen) atoms. The summed E-state index contributed by atoms with van der Waals surface area (Å²) in [5, 5.41) is 9.16. The predicted octanol–water partition coefficient (Wildman–Crippen LogP) is 1.83. The number of nitrogens with zero attached hydrogens (tertiary/aromatic N) is 1. The normalized spacial score (nSPS) is 13.1. The van der Waals surface area contributed by atoms with Gasteiger partial charge in [0, 0.05) is 18.4 Å². The van der Waals surface area contributed by atoms with Gasteiger partial charge in [-0.05, 0) is 48.9 Å². The van der Waals surface area contributed by atoms with Gasteiger partial charge in [-0.15, -0.1) is 0 Å². The number of aromatic nitrogens is 1. The minimum atomic E-state index is -3.61. The zero-order valence-corrected chi connectivity index (χ0v) is 11.1. The second kappa shape index (κ2) is 5.38. The number of sulfonamides is 1. The molecule has 0 radical (unpaired) electrons. The third-order valence-corrected chi connectivity index (χ3v) is 4.24. The van der Waals surface area contributed by atoms with Crippen molar-refractivity contribution in [3.05, 3.63) is 54.4 Å². The molecule has 5 nitrogen and oxygen atoms in total. The van der Waals surface area contributed by atoms with Crippen LogP contribution >= 0.6 is 0 Å². The van der Waals surface area contributed by atoms with Crippen molar-refractivity contribution >= 4 is 10.0 Å². The van der Waals surface area contributed by atoms with E-state index in [0.717, 1.165) is 5.56 Å². The van der Waals surface area contributed by atoms with Gasteiger partial charge in [0.1, 0.15) is 5.75 Å². The van der Waals surface area contributed by atoms with Crippen LogP contribution in [0.25, 0.3) is 0 Å². The number of pyridine rings is 1. The lowest BCUT2D eigenvalue weighted by Gasteiger charge is -2.14. The standard InChI is InChI=1S/C13H14N2O3S/c1-10(11-6-8-14-9-7-11)15-19(17,18)13-4-2-12(16)3-5-13/h2-10,15-16H,1H3. The van der Waals surface area contributed by atoms with Crippen molar-refractivity contribution in [2.24, 2.45) is 0 Å². The first-order valence-corrected chi connectivity index (χ1v) is 7.18. The lowest BCUT2D eigenvalue weighted by Crippen LogP contribution is -2.26. The van der Waals surface area contributed by atoms with E-state index in [1.807, 2.05) is 0 Å². The molecule has 0 spiro atoms. The average molecular weight is 278 g/mol. The molecule has 2 aromatic rings. The molecule has 1 aromatic heterocycles. The molecular weight excluding hydrogens is 264 g/mol. The van der Waals surface area contributed by atoms with Crippen LogP contribution in [0.4, 0.5) is 0 Å². The molecule has 1 unspecified atom stereocenters. The van der Waals surface area contributed by atoms with Crippen molar-refractivity contribution in [2.45, 2.75) is 17.9 Å². The van der Waals surface area contributed by atoms with Crippen LogP contribution in [-0.4, -0.2) is 18.5 Å². The molecular formula is C13H14N2O3S. The Kier molecular flexibility index (Phi) is 3.82. The number of phenols is 1. The van der Waals surface area contributed by atoms with E-state index in [1.165, 1.54) is 24.3 Å². The van der Waals surface area contributed by atoms with E-state index in [2.05, 4.69) is 9.71 Å². The van der Waals surface area contributed by atoms with E-state index in [0.29, 0.717) is 0 Å². The highest BCUT2D eigenvalue weighted by Crippen LogP contribution is 2.18. The maximum Gasteiger partial charge on any atom is 0.241 e. The summed E-state index contributed by atoms with van der Waals surface area (Å²) in [6.45, 7) is 1.76. The maximum absolute atomic E-state index is 12.1. The molecule has 1 atom stereocenters.